The van der Waals surface area contributed by atoms with E-state index in [0.29, 0.717) is 4.90 Å². The van der Waals surface area contributed by atoms with Crippen molar-refractivity contribution in [3.63, 3.8) is 0 Å². The number of amides is 6. The third-order valence-corrected chi connectivity index (χ3v) is 2.32. The van der Waals surface area contributed by atoms with E-state index in [1.54, 1.807) is 0 Å². The summed E-state index contributed by atoms with van der Waals surface area (Å²) in [5.74, 6) is -3.10. The summed E-state index contributed by atoms with van der Waals surface area (Å²) in [5, 5.41) is 3.64. The molecule has 2 aliphatic heterocycles. The predicted octanol–water partition coefficient (Wildman–Crippen LogP) is -2.13. The molecular weight excluding hydrogens is 218 g/mol. The van der Waals surface area contributed by atoms with E-state index in [0.717, 1.165) is 0 Å². The van der Waals surface area contributed by atoms with Crippen molar-refractivity contribution in [3.05, 3.63) is 0 Å². The van der Waals surface area contributed by atoms with Gasteiger partial charge in [-0.15, -0.1) is 0 Å². The smallest absolute Gasteiger partial charge is 0.275 e. The Morgan fingerprint density at radius 3 is 1.75 bits per heavy atom. The largest absolute Gasteiger partial charge is 0.328 e. The summed E-state index contributed by atoms with van der Waals surface area (Å²) in [5.41, 5.74) is 0. The van der Waals surface area contributed by atoms with Crippen LogP contribution >= 0.6 is 0 Å². The molecule has 0 aromatic carbocycles. The van der Waals surface area contributed by atoms with Gasteiger partial charge in [0.1, 0.15) is 0 Å². The Balaban J connectivity index is 2.29. The van der Waals surface area contributed by atoms with Gasteiger partial charge in [-0.1, -0.05) is 0 Å². The highest BCUT2D eigenvalue weighted by Gasteiger charge is 2.46. The molecule has 0 atom stereocenters. The maximum Gasteiger partial charge on any atom is 0.328 e. The summed E-state index contributed by atoms with van der Waals surface area (Å²) < 4.78 is 0. The summed E-state index contributed by atoms with van der Waals surface area (Å²) in [4.78, 5) is 56.7. The lowest BCUT2D eigenvalue weighted by Gasteiger charge is -2.26. The van der Waals surface area contributed by atoms with E-state index < -0.39 is 35.7 Å². The molecule has 16 heavy (non-hydrogen) atoms. The van der Waals surface area contributed by atoms with Crippen LogP contribution in [-0.4, -0.2) is 40.6 Å². The van der Waals surface area contributed by atoms with E-state index in [2.05, 4.69) is 0 Å². The second-order valence-corrected chi connectivity index (χ2v) is 3.37. The molecule has 2 fully saturated rings. The van der Waals surface area contributed by atoms with Crippen molar-refractivity contribution in [3.8, 4) is 0 Å². The number of carbonyl (C=O) groups is 5. The zero-order chi connectivity index (χ0) is 11.9. The Morgan fingerprint density at radius 2 is 1.31 bits per heavy atom. The monoisotopic (exact) mass is 225 g/mol. The van der Waals surface area contributed by atoms with Crippen LogP contribution in [0.25, 0.3) is 0 Å². The maximum atomic E-state index is 11.4. The van der Waals surface area contributed by atoms with Gasteiger partial charge in [-0.25, -0.2) is 4.79 Å². The number of hydrogen-bond donors (Lipinski definition) is 2. The summed E-state index contributed by atoms with van der Waals surface area (Å²) in [6.45, 7) is 0. The fraction of sp³-hybridized carbons (Fsp3) is 0.375. The van der Waals surface area contributed by atoms with Crippen LogP contribution in [0.15, 0.2) is 0 Å². The lowest BCUT2D eigenvalue weighted by atomic mass is 10.2. The fourth-order valence-corrected chi connectivity index (χ4v) is 1.63. The molecule has 6 amide bonds. The molecule has 0 aromatic rings. The number of barbiturate groups is 1. The number of urea groups is 1. The first-order valence-electron chi connectivity index (χ1n) is 4.51. The Labute approximate surface area is 88.9 Å². The molecule has 0 aromatic heterocycles. The minimum absolute atomic E-state index is 0.0240. The Kier molecular flexibility index (Phi) is 2.18. The van der Waals surface area contributed by atoms with E-state index in [9.17, 15) is 24.0 Å². The molecule has 0 unspecified atom stereocenters. The lowest BCUT2D eigenvalue weighted by Crippen LogP contribution is -2.65. The Morgan fingerprint density at radius 1 is 0.875 bits per heavy atom. The zero-order valence-electron chi connectivity index (χ0n) is 7.98. The average Bonchev–Trinajstić information content (AvgIpc) is 2.47. The highest BCUT2D eigenvalue weighted by Crippen LogP contribution is 2.16. The summed E-state index contributed by atoms with van der Waals surface area (Å²) in [7, 11) is 0. The van der Waals surface area contributed by atoms with Crippen molar-refractivity contribution in [1.82, 2.24) is 15.5 Å². The average molecular weight is 225 g/mol. The van der Waals surface area contributed by atoms with E-state index in [-0.39, 0.29) is 12.8 Å². The number of imide groups is 3. The van der Waals surface area contributed by atoms with Gasteiger partial charge >= 0.3 is 6.03 Å². The van der Waals surface area contributed by atoms with Crippen molar-refractivity contribution < 1.29 is 24.0 Å². The predicted molar refractivity (Wildman–Crippen MR) is 46.6 cm³/mol. The first kappa shape index (κ1) is 10.3. The van der Waals surface area contributed by atoms with Crippen molar-refractivity contribution in [2.24, 2.45) is 0 Å². The van der Waals surface area contributed by atoms with Crippen LogP contribution in [0.3, 0.4) is 0 Å². The van der Waals surface area contributed by atoms with E-state index in [4.69, 9.17) is 0 Å². The van der Waals surface area contributed by atoms with Crippen molar-refractivity contribution in [2.75, 3.05) is 0 Å². The number of nitrogens with zero attached hydrogens (tertiary/aromatic N) is 1. The summed E-state index contributed by atoms with van der Waals surface area (Å²) >= 11 is 0. The van der Waals surface area contributed by atoms with Gasteiger partial charge in [-0.3, -0.25) is 34.7 Å². The van der Waals surface area contributed by atoms with Crippen LogP contribution in [0.4, 0.5) is 4.79 Å². The molecule has 0 saturated carbocycles. The van der Waals surface area contributed by atoms with Crippen LogP contribution < -0.4 is 10.6 Å². The van der Waals surface area contributed by atoms with Gasteiger partial charge < -0.3 is 0 Å². The SMILES string of the molecule is O=C1NC(=O)C(N2C(=O)CCC2=O)C(=O)N1. The lowest BCUT2D eigenvalue weighted by molar-refractivity contribution is -0.152. The van der Waals surface area contributed by atoms with E-state index in [1.165, 1.54) is 0 Å². The highest BCUT2D eigenvalue weighted by molar-refractivity contribution is 6.22. The van der Waals surface area contributed by atoms with Crippen molar-refractivity contribution >= 4 is 29.7 Å². The standard InChI is InChI=1S/C8H7N3O5/c12-3-1-2-4(13)11(3)5-6(14)9-8(16)10-7(5)15/h5H,1-2H2,(H2,9,10,14,15,16). The van der Waals surface area contributed by atoms with Gasteiger partial charge in [0, 0.05) is 12.8 Å². The van der Waals surface area contributed by atoms with Gasteiger partial charge in [0.05, 0.1) is 0 Å². The molecule has 2 rings (SSSR count). The third-order valence-electron chi connectivity index (χ3n) is 2.32. The van der Waals surface area contributed by atoms with E-state index in [1.807, 2.05) is 10.6 Å². The highest BCUT2D eigenvalue weighted by atomic mass is 16.2. The van der Waals surface area contributed by atoms with Crippen molar-refractivity contribution in [1.29, 1.82) is 0 Å². The third kappa shape index (κ3) is 1.44. The number of carbonyl (C=O) groups excluding carboxylic acids is 5. The molecule has 0 bridgehead atoms. The number of hydrogen-bond acceptors (Lipinski definition) is 5. The normalized spacial score (nSPS) is 22.5. The fourth-order valence-electron chi connectivity index (χ4n) is 1.63. The van der Waals surface area contributed by atoms with Gasteiger partial charge in [0.25, 0.3) is 11.8 Å². The van der Waals surface area contributed by atoms with Gasteiger partial charge in [0.15, 0.2) is 6.04 Å². The number of rotatable bonds is 1. The zero-order valence-corrected chi connectivity index (χ0v) is 7.98. The van der Waals surface area contributed by atoms with Crippen LogP contribution in [0.2, 0.25) is 0 Å². The minimum atomic E-state index is -1.57. The molecule has 84 valence electrons. The topological polar surface area (TPSA) is 113 Å². The van der Waals surface area contributed by atoms with Crippen LogP contribution in [0, 0.1) is 0 Å². The molecule has 0 radical (unpaired) electrons. The molecule has 8 heteroatoms. The summed E-state index contributed by atoms with van der Waals surface area (Å²) in [6, 6.07) is -2.52. The maximum absolute atomic E-state index is 11.4. The molecule has 2 heterocycles. The Hall–Kier alpha value is -2.25. The first-order chi connectivity index (χ1) is 7.50. The molecule has 0 spiro atoms. The van der Waals surface area contributed by atoms with Crippen LogP contribution in [-0.2, 0) is 19.2 Å². The number of nitrogens with one attached hydrogen (secondary N) is 2. The molecule has 2 N–H and O–H groups in total. The molecule has 2 aliphatic rings. The molecule has 0 aliphatic carbocycles. The van der Waals surface area contributed by atoms with Gasteiger partial charge in [-0.05, 0) is 0 Å². The van der Waals surface area contributed by atoms with Gasteiger partial charge in [0.2, 0.25) is 11.8 Å². The molecular formula is C8H7N3O5. The number of likely N-dealkylation sites (tertiary alicyclic amines) is 1. The first-order valence-corrected chi connectivity index (χ1v) is 4.51. The second-order valence-electron chi connectivity index (χ2n) is 3.37. The van der Waals surface area contributed by atoms with Gasteiger partial charge in [-0.2, -0.15) is 0 Å². The van der Waals surface area contributed by atoms with Crippen LogP contribution in [0.1, 0.15) is 12.8 Å². The second kappa shape index (κ2) is 3.40. The van der Waals surface area contributed by atoms with Crippen molar-refractivity contribution in [2.45, 2.75) is 18.9 Å². The Bertz CT molecular complexity index is 393. The van der Waals surface area contributed by atoms with Crippen LogP contribution in [0.5, 0.6) is 0 Å². The molecule has 8 nitrogen and oxygen atoms in total. The van der Waals surface area contributed by atoms with E-state index >= 15 is 0 Å². The quantitative estimate of drug-likeness (QED) is 0.391. The molecule has 2 saturated heterocycles. The summed E-state index contributed by atoms with van der Waals surface area (Å²) in [6.07, 6.45) is -0.0479. The minimum Gasteiger partial charge on any atom is -0.275 e.